The summed E-state index contributed by atoms with van der Waals surface area (Å²) in [5.74, 6) is -2.80. The Morgan fingerprint density at radius 2 is 1.62 bits per heavy atom. The number of benzene rings is 3. The number of fused-ring (bicyclic) bond motifs is 1. The van der Waals surface area contributed by atoms with Gasteiger partial charge in [0.2, 0.25) is 11.8 Å². The second-order valence-electron chi connectivity index (χ2n) is 8.72. The van der Waals surface area contributed by atoms with Gasteiger partial charge in [-0.1, -0.05) is 24.3 Å². The van der Waals surface area contributed by atoms with Crippen molar-refractivity contribution in [1.29, 1.82) is 0 Å². The number of phenols is 1. The third kappa shape index (κ3) is 4.20. The van der Waals surface area contributed by atoms with E-state index in [0.29, 0.717) is 16.8 Å². The van der Waals surface area contributed by atoms with Crippen molar-refractivity contribution in [2.24, 2.45) is 7.05 Å². The number of rotatable bonds is 3. The predicted molar refractivity (Wildman–Crippen MR) is 131 cm³/mol. The summed E-state index contributed by atoms with van der Waals surface area (Å²) in [7, 11) is 3.13. The quantitative estimate of drug-likeness (QED) is 0.386. The van der Waals surface area contributed by atoms with Crippen LogP contribution in [0.1, 0.15) is 17.0 Å². The minimum absolute atomic E-state index is 0.0596. The third-order valence-electron chi connectivity index (χ3n) is 6.33. The highest BCUT2D eigenvalue weighted by Gasteiger charge is 2.42. The van der Waals surface area contributed by atoms with Gasteiger partial charge in [0.15, 0.2) is 0 Å². The molecule has 0 saturated heterocycles. The lowest BCUT2D eigenvalue weighted by Gasteiger charge is -2.26. The SMILES string of the molecule is CN1C(=O)C(c2ccc(O)c(-c3cnn(C)c3)c2)C(=O)N(c2ccccc2)c2cc(C(F)(F)F)ccc21. The maximum atomic E-state index is 14.1. The van der Waals surface area contributed by atoms with Gasteiger partial charge in [0.05, 0.1) is 23.1 Å². The van der Waals surface area contributed by atoms with Crippen LogP contribution in [0.2, 0.25) is 0 Å². The topological polar surface area (TPSA) is 78.7 Å². The van der Waals surface area contributed by atoms with E-state index in [1.165, 1.54) is 42.4 Å². The summed E-state index contributed by atoms with van der Waals surface area (Å²) in [5.41, 5.74) is 0.682. The third-order valence-corrected chi connectivity index (χ3v) is 6.33. The molecule has 4 aromatic rings. The van der Waals surface area contributed by atoms with Crippen LogP contribution in [0.3, 0.4) is 0 Å². The number of halogens is 3. The summed E-state index contributed by atoms with van der Waals surface area (Å²) in [5, 5.41) is 14.6. The Hall–Kier alpha value is -4.60. The first-order chi connectivity index (χ1) is 17.6. The largest absolute Gasteiger partial charge is 0.507 e. The van der Waals surface area contributed by atoms with Gasteiger partial charge in [0.1, 0.15) is 11.7 Å². The number of aromatic nitrogens is 2. The number of aryl methyl sites for hydroxylation is 1. The van der Waals surface area contributed by atoms with Gasteiger partial charge in [-0.15, -0.1) is 0 Å². The Kier molecular flexibility index (Phi) is 5.74. The average molecular weight is 506 g/mol. The van der Waals surface area contributed by atoms with Gasteiger partial charge in [-0.3, -0.25) is 19.2 Å². The van der Waals surface area contributed by atoms with E-state index in [2.05, 4.69) is 5.10 Å². The minimum atomic E-state index is -4.65. The molecular weight excluding hydrogens is 485 g/mol. The van der Waals surface area contributed by atoms with E-state index in [0.717, 1.165) is 17.0 Å². The van der Waals surface area contributed by atoms with Crippen molar-refractivity contribution in [1.82, 2.24) is 9.78 Å². The number of carbonyl (C=O) groups excluding carboxylic acids is 2. The average Bonchev–Trinajstić information content (AvgIpc) is 3.28. The number of likely N-dealkylation sites (N-methyl/N-ethyl adjacent to an activating group) is 1. The fraction of sp³-hybridized carbons (Fsp3) is 0.148. The van der Waals surface area contributed by atoms with Gasteiger partial charge in [0, 0.05) is 37.1 Å². The van der Waals surface area contributed by atoms with Crippen LogP contribution in [0.5, 0.6) is 5.75 Å². The lowest BCUT2D eigenvalue weighted by molar-refractivity contribution is -0.137. The molecule has 10 heteroatoms. The zero-order chi connectivity index (χ0) is 26.5. The number of hydrogen-bond donors (Lipinski definition) is 1. The molecule has 7 nitrogen and oxygen atoms in total. The highest BCUT2D eigenvalue weighted by atomic mass is 19.4. The lowest BCUT2D eigenvalue weighted by Crippen LogP contribution is -2.37. The summed E-state index contributed by atoms with van der Waals surface area (Å²) < 4.78 is 42.4. The first-order valence-electron chi connectivity index (χ1n) is 11.3. The first-order valence-corrected chi connectivity index (χ1v) is 11.3. The second-order valence-corrected chi connectivity index (χ2v) is 8.72. The maximum Gasteiger partial charge on any atom is 0.416 e. The zero-order valence-corrected chi connectivity index (χ0v) is 19.8. The monoisotopic (exact) mass is 506 g/mol. The lowest BCUT2D eigenvalue weighted by atomic mass is 9.93. The normalized spacial score (nSPS) is 16.1. The number of hydrogen-bond acceptors (Lipinski definition) is 4. The van der Waals surface area contributed by atoms with Gasteiger partial charge in [-0.2, -0.15) is 18.3 Å². The second kappa shape index (κ2) is 8.81. The van der Waals surface area contributed by atoms with E-state index in [-0.39, 0.29) is 22.7 Å². The molecule has 5 rings (SSSR count). The van der Waals surface area contributed by atoms with E-state index in [1.807, 2.05) is 0 Å². The number of para-hydroxylation sites is 1. The van der Waals surface area contributed by atoms with Crippen LogP contribution in [0.15, 0.2) is 79.1 Å². The molecule has 0 saturated carbocycles. The van der Waals surface area contributed by atoms with Gasteiger partial charge in [0.25, 0.3) is 0 Å². The zero-order valence-electron chi connectivity index (χ0n) is 19.8. The first kappa shape index (κ1) is 24.1. The van der Waals surface area contributed by atoms with Crippen LogP contribution in [0, 0.1) is 0 Å². The molecule has 37 heavy (non-hydrogen) atoms. The maximum absolute atomic E-state index is 14.1. The van der Waals surface area contributed by atoms with E-state index >= 15 is 0 Å². The molecule has 1 N–H and O–H groups in total. The smallest absolute Gasteiger partial charge is 0.416 e. The molecule has 0 spiro atoms. The van der Waals surface area contributed by atoms with E-state index in [9.17, 15) is 27.9 Å². The number of amides is 2. The van der Waals surface area contributed by atoms with Gasteiger partial charge in [-0.05, 0) is 48.0 Å². The molecule has 188 valence electrons. The van der Waals surface area contributed by atoms with Gasteiger partial charge < -0.3 is 10.0 Å². The summed E-state index contributed by atoms with van der Waals surface area (Å²) in [6.45, 7) is 0. The minimum Gasteiger partial charge on any atom is -0.507 e. The Morgan fingerprint density at radius 3 is 2.27 bits per heavy atom. The molecule has 0 radical (unpaired) electrons. The van der Waals surface area contributed by atoms with Crippen molar-refractivity contribution in [3.8, 4) is 16.9 Å². The summed E-state index contributed by atoms with van der Waals surface area (Å²) in [4.78, 5) is 30.1. The van der Waals surface area contributed by atoms with Crippen LogP contribution in [-0.2, 0) is 22.8 Å². The molecule has 0 fully saturated rings. The number of anilines is 3. The Balaban J connectivity index is 1.71. The molecule has 2 heterocycles. The van der Waals surface area contributed by atoms with E-state index in [4.69, 9.17) is 0 Å². The fourth-order valence-corrected chi connectivity index (χ4v) is 4.48. The highest BCUT2D eigenvalue weighted by molar-refractivity contribution is 6.23. The molecule has 2 amide bonds. The highest BCUT2D eigenvalue weighted by Crippen LogP contribution is 2.44. The molecule has 0 aliphatic carbocycles. The Bertz CT molecular complexity index is 1520. The van der Waals surface area contributed by atoms with Gasteiger partial charge >= 0.3 is 6.18 Å². The van der Waals surface area contributed by atoms with Crippen molar-refractivity contribution < 1.29 is 27.9 Å². The van der Waals surface area contributed by atoms with Crippen LogP contribution >= 0.6 is 0 Å². The van der Waals surface area contributed by atoms with Crippen LogP contribution in [0.4, 0.5) is 30.2 Å². The number of nitrogens with zero attached hydrogens (tertiary/aromatic N) is 4. The molecule has 3 aromatic carbocycles. The van der Waals surface area contributed by atoms with E-state index < -0.39 is 29.5 Å². The van der Waals surface area contributed by atoms with Crippen molar-refractivity contribution in [2.45, 2.75) is 12.1 Å². The number of phenolic OH excluding ortho intramolecular Hbond substituents is 1. The molecule has 1 aliphatic rings. The van der Waals surface area contributed by atoms with Crippen LogP contribution in [0.25, 0.3) is 11.1 Å². The standard InChI is InChI=1S/C27H21F3N4O3/c1-32-15-17(14-31-32)20-12-16(8-11-23(20)35)24-25(36)33(2)21-10-9-18(27(28,29)30)13-22(21)34(26(24)37)19-6-4-3-5-7-19/h3-15,24,35H,1-2H3. The Morgan fingerprint density at radius 1 is 0.892 bits per heavy atom. The van der Waals surface area contributed by atoms with Crippen molar-refractivity contribution >= 4 is 28.9 Å². The molecular formula is C27H21F3N4O3. The number of aromatic hydroxyl groups is 1. The van der Waals surface area contributed by atoms with Crippen molar-refractivity contribution in [3.63, 3.8) is 0 Å². The summed E-state index contributed by atoms with van der Waals surface area (Å²) in [6.07, 6.45) is -1.44. The van der Waals surface area contributed by atoms with Crippen molar-refractivity contribution in [2.75, 3.05) is 16.8 Å². The summed E-state index contributed by atoms with van der Waals surface area (Å²) >= 11 is 0. The number of carbonyl (C=O) groups is 2. The van der Waals surface area contributed by atoms with E-state index in [1.54, 1.807) is 48.3 Å². The summed E-state index contributed by atoms with van der Waals surface area (Å²) in [6, 6.07) is 15.5. The number of alkyl halides is 3. The molecule has 1 aromatic heterocycles. The molecule has 1 aliphatic heterocycles. The Labute approximate surface area is 210 Å². The van der Waals surface area contributed by atoms with Crippen LogP contribution < -0.4 is 9.80 Å². The fourth-order valence-electron chi connectivity index (χ4n) is 4.48. The molecule has 1 atom stereocenters. The van der Waals surface area contributed by atoms with Crippen LogP contribution in [-0.4, -0.2) is 33.7 Å². The molecule has 0 bridgehead atoms. The predicted octanol–water partition coefficient (Wildman–Crippen LogP) is 5.24. The van der Waals surface area contributed by atoms with Gasteiger partial charge in [-0.25, -0.2) is 0 Å². The van der Waals surface area contributed by atoms with Crippen molar-refractivity contribution in [3.05, 3.63) is 90.3 Å². The molecule has 1 unspecified atom stereocenters.